The van der Waals surface area contributed by atoms with Crippen LogP contribution in [0.5, 0.6) is 0 Å². The third kappa shape index (κ3) is 7.89. The average molecular weight is 541 g/mol. The Morgan fingerprint density at radius 2 is 1.59 bits per heavy atom. The van der Waals surface area contributed by atoms with Crippen LogP contribution in [0.2, 0.25) is 5.02 Å². The van der Waals surface area contributed by atoms with E-state index in [2.05, 4.69) is 5.32 Å². The highest BCUT2D eigenvalue weighted by Gasteiger charge is 2.24. The molecule has 0 spiro atoms. The Morgan fingerprint density at radius 3 is 2.27 bits per heavy atom. The standard InChI is InChI=1S/C29H33ClN2O4S/c30-27-12-14-28(15-13-27)37(34,35)32(18-4-7-23-5-2-1-3-6-23)22-25-8-10-26(11-9-25)29(33)31-21-24-16-19-36-20-17-24/h1-3,5-6,8-15,24H,4,7,16-22H2,(H,31,33). The number of amides is 1. The Balaban J connectivity index is 1.43. The summed E-state index contributed by atoms with van der Waals surface area (Å²) in [6, 6.07) is 23.4. The van der Waals surface area contributed by atoms with Gasteiger partial charge in [0.25, 0.3) is 5.91 Å². The van der Waals surface area contributed by atoms with Crippen molar-refractivity contribution in [2.24, 2.45) is 5.92 Å². The van der Waals surface area contributed by atoms with Gasteiger partial charge in [-0.1, -0.05) is 54.1 Å². The Bertz CT molecular complexity index is 1240. The lowest BCUT2D eigenvalue weighted by atomic mass is 10.0. The molecule has 1 N–H and O–H groups in total. The first kappa shape index (κ1) is 27.3. The molecule has 4 rings (SSSR count). The molecule has 0 aromatic heterocycles. The van der Waals surface area contributed by atoms with Crippen molar-refractivity contribution in [3.63, 3.8) is 0 Å². The maximum Gasteiger partial charge on any atom is 0.251 e. The van der Waals surface area contributed by atoms with Gasteiger partial charge in [0, 0.05) is 43.4 Å². The summed E-state index contributed by atoms with van der Waals surface area (Å²) >= 11 is 5.98. The highest BCUT2D eigenvalue weighted by atomic mass is 35.5. The lowest BCUT2D eigenvalue weighted by molar-refractivity contribution is 0.0642. The van der Waals surface area contributed by atoms with Crippen molar-refractivity contribution in [2.75, 3.05) is 26.3 Å². The lowest BCUT2D eigenvalue weighted by Gasteiger charge is -2.23. The zero-order chi connectivity index (χ0) is 26.1. The Morgan fingerprint density at radius 1 is 0.919 bits per heavy atom. The molecule has 0 radical (unpaired) electrons. The molecule has 37 heavy (non-hydrogen) atoms. The molecule has 3 aromatic rings. The molecular formula is C29H33ClN2O4S. The van der Waals surface area contributed by atoms with Gasteiger partial charge in [0.15, 0.2) is 0 Å². The molecule has 1 aliphatic rings. The molecule has 3 aromatic carbocycles. The quantitative estimate of drug-likeness (QED) is 0.357. The smallest absolute Gasteiger partial charge is 0.251 e. The zero-order valence-corrected chi connectivity index (χ0v) is 22.4. The molecule has 0 atom stereocenters. The van der Waals surface area contributed by atoms with Crippen molar-refractivity contribution in [2.45, 2.75) is 37.1 Å². The number of hydrogen-bond acceptors (Lipinski definition) is 4. The molecule has 1 aliphatic heterocycles. The van der Waals surface area contributed by atoms with E-state index in [1.54, 1.807) is 24.3 Å². The first-order chi connectivity index (χ1) is 17.9. The van der Waals surface area contributed by atoms with E-state index in [1.165, 1.54) is 22.0 Å². The van der Waals surface area contributed by atoms with E-state index in [1.807, 2.05) is 42.5 Å². The van der Waals surface area contributed by atoms with Gasteiger partial charge < -0.3 is 10.1 Å². The van der Waals surface area contributed by atoms with Gasteiger partial charge in [-0.05, 0) is 79.1 Å². The summed E-state index contributed by atoms with van der Waals surface area (Å²) in [5.74, 6) is 0.325. The number of nitrogens with one attached hydrogen (secondary N) is 1. The number of ether oxygens (including phenoxy) is 1. The van der Waals surface area contributed by atoms with Crippen LogP contribution >= 0.6 is 11.6 Å². The van der Waals surface area contributed by atoms with Crippen LogP contribution in [0.25, 0.3) is 0 Å². The van der Waals surface area contributed by atoms with Gasteiger partial charge in [0.05, 0.1) is 4.90 Å². The van der Waals surface area contributed by atoms with E-state index in [0.29, 0.717) is 36.0 Å². The second-order valence-corrected chi connectivity index (χ2v) is 11.7. The van der Waals surface area contributed by atoms with Gasteiger partial charge in [-0.15, -0.1) is 0 Å². The highest BCUT2D eigenvalue weighted by Crippen LogP contribution is 2.22. The SMILES string of the molecule is O=C(NCC1CCOCC1)c1ccc(CN(CCCc2ccccc2)S(=O)(=O)c2ccc(Cl)cc2)cc1. The van der Waals surface area contributed by atoms with Gasteiger partial charge in [0.1, 0.15) is 0 Å². The van der Waals surface area contributed by atoms with E-state index >= 15 is 0 Å². The number of carbonyl (C=O) groups excluding carboxylic acids is 1. The monoisotopic (exact) mass is 540 g/mol. The van der Waals surface area contributed by atoms with Crippen molar-refractivity contribution in [3.05, 3.63) is 101 Å². The van der Waals surface area contributed by atoms with Gasteiger partial charge in [-0.3, -0.25) is 4.79 Å². The van der Waals surface area contributed by atoms with Gasteiger partial charge in [0.2, 0.25) is 10.0 Å². The van der Waals surface area contributed by atoms with E-state index in [4.69, 9.17) is 16.3 Å². The van der Waals surface area contributed by atoms with Crippen LogP contribution in [0.3, 0.4) is 0 Å². The molecular weight excluding hydrogens is 508 g/mol. The second-order valence-electron chi connectivity index (χ2n) is 9.34. The van der Waals surface area contributed by atoms with Crippen LogP contribution in [0.4, 0.5) is 0 Å². The van der Waals surface area contributed by atoms with E-state index in [0.717, 1.165) is 38.0 Å². The molecule has 0 unspecified atom stereocenters. The molecule has 1 heterocycles. The third-order valence-electron chi connectivity index (χ3n) is 6.63. The van der Waals surface area contributed by atoms with Gasteiger partial charge >= 0.3 is 0 Å². The van der Waals surface area contributed by atoms with Crippen LogP contribution in [-0.4, -0.2) is 44.9 Å². The number of benzene rings is 3. The fraction of sp³-hybridized carbons (Fsp3) is 0.345. The van der Waals surface area contributed by atoms with Crippen molar-refractivity contribution in [1.82, 2.24) is 9.62 Å². The average Bonchev–Trinajstić information content (AvgIpc) is 2.93. The molecule has 1 amide bonds. The summed E-state index contributed by atoms with van der Waals surface area (Å²) in [6.07, 6.45) is 3.38. The molecule has 8 heteroatoms. The van der Waals surface area contributed by atoms with Gasteiger partial charge in [-0.25, -0.2) is 8.42 Å². The zero-order valence-electron chi connectivity index (χ0n) is 20.8. The second kappa shape index (κ2) is 13.2. The molecule has 1 fully saturated rings. The number of halogens is 1. The van der Waals surface area contributed by atoms with Gasteiger partial charge in [-0.2, -0.15) is 4.31 Å². The maximum atomic E-state index is 13.5. The number of sulfonamides is 1. The molecule has 196 valence electrons. The predicted molar refractivity (Wildman–Crippen MR) is 146 cm³/mol. The third-order valence-corrected chi connectivity index (χ3v) is 8.75. The first-order valence-electron chi connectivity index (χ1n) is 12.7. The molecule has 6 nitrogen and oxygen atoms in total. The summed E-state index contributed by atoms with van der Waals surface area (Å²) in [6.45, 7) is 2.71. The number of nitrogens with zero attached hydrogens (tertiary/aromatic N) is 1. The van der Waals surface area contributed by atoms with Crippen LogP contribution in [0.15, 0.2) is 83.8 Å². The maximum absolute atomic E-state index is 13.5. The first-order valence-corrected chi connectivity index (χ1v) is 14.5. The fourth-order valence-corrected chi connectivity index (χ4v) is 5.99. The Hall–Kier alpha value is -2.71. The predicted octanol–water partition coefficient (Wildman–Crippen LogP) is 5.32. The summed E-state index contributed by atoms with van der Waals surface area (Å²) < 4.78 is 33.9. The fourth-order valence-electron chi connectivity index (χ4n) is 4.40. The highest BCUT2D eigenvalue weighted by molar-refractivity contribution is 7.89. The number of carbonyl (C=O) groups is 1. The minimum atomic E-state index is -3.73. The Kier molecular flexibility index (Phi) is 9.75. The van der Waals surface area contributed by atoms with Crippen LogP contribution in [0, 0.1) is 5.92 Å². The van der Waals surface area contributed by atoms with Crippen molar-refractivity contribution >= 4 is 27.5 Å². The van der Waals surface area contributed by atoms with Crippen molar-refractivity contribution < 1.29 is 17.9 Å². The minimum absolute atomic E-state index is 0.119. The molecule has 0 aliphatic carbocycles. The largest absolute Gasteiger partial charge is 0.381 e. The summed E-state index contributed by atoms with van der Waals surface area (Å²) in [5.41, 5.74) is 2.55. The minimum Gasteiger partial charge on any atom is -0.381 e. The van der Waals surface area contributed by atoms with E-state index in [-0.39, 0.29) is 17.3 Å². The number of hydrogen-bond donors (Lipinski definition) is 1. The van der Waals surface area contributed by atoms with Crippen LogP contribution in [-0.2, 0) is 27.7 Å². The van der Waals surface area contributed by atoms with Crippen molar-refractivity contribution in [1.29, 1.82) is 0 Å². The molecule has 1 saturated heterocycles. The normalized spacial score (nSPS) is 14.5. The summed E-state index contributed by atoms with van der Waals surface area (Å²) in [4.78, 5) is 12.8. The van der Waals surface area contributed by atoms with E-state index in [9.17, 15) is 13.2 Å². The summed E-state index contributed by atoms with van der Waals surface area (Å²) in [7, 11) is -3.73. The number of rotatable bonds is 11. The Labute approximate surface area is 224 Å². The molecule has 0 bridgehead atoms. The van der Waals surface area contributed by atoms with Crippen molar-refractivity contribution in [3.8, 4) is 0 Å². The van der Waals surface area contributed by atoms with Crippen LogP contribution < -0.4 is 5.32 Å². The van der Waals surface area contributed by atoms with Crippen LogP contribution in [0.1, 0.15) is 40.7 Å². The topological polar surface area (TPSA) is 75.7 Å². The summed E-state index contributed by atoms with van der Waals surface area (Å²) in [5, 5.41) is 3.50. The molecule has 0 saturated carbocycles. The number of aryl methyl sites for hydroxylation is 1. The van der Waals surface area contributed by atoms with E-state index < -0.39 is 10.0 Å². The lowest BCUT2D eigenvalue weighted by Crippen LogP contribution is -2.32.